The van der Waals surface area contributed by atoms with E-state index in [0.717, 1.165) is 5.56 Å². The molecule has 0 radical (unpaired) electrons. The largest absolute Gasteiger partial charge is 0.497 e. The Hall–Kier alpha value is -2.82. The van der Waals surface area contributed by atoms with E-state index in [4.69, 9.17) is 11.2 Å². The highest BCUT2D eigenvalue weighted by Crippen LogP contribution is 2.42. The van der Waals surface area contributed by atoms with Crippen LogP contribution in [0, 0.1) is 12.3 Å². The smallest absolute Gasteiger partial charge is 0.244 e. The molecule has 1 heterocycles. The number of sulfonamides is 1. The number of benzene rings is 2. The lowest BCUT2D eigenvalue weighted by atomic mass is 10.0. The van der Waals surface area contributed by atoms with E-state index in [1.165, 1.54) is 4.31 Å². The number of amides is 1. The summed E-state index contributed by atoms with van der Waals surface area (Å²) in [5.41, 5.74) is 1.43. The molecule has 2 aromatic rings. The van der Waals surface area contributed by atoms with Crippen molar-refractivity contribution in [1.29, 1.82) is 0 Å². The molecular weight excluding hydrogens is 364 g/mol. The molecule has 0 spiro atoms. The number of nitrogens with zero attached hydrogens (tertiary/aromatic N) is 1. The number of hydrogen-bond donors (Lipinski definition) is 1. The van der Waals surface area contributed by atoms with Crippen LogP contribution in [-0.2, 0) is 21.4 Å². The second kappa shape index (κ2) is 7.82. The van der Waals surface area contributed by atoms with Crippen LogP contribution in [0.5, 0.6) is 5.75 Å². The van der Waals surface area contributed by atoms with Gasteiger partial charge in [-0.25, -0.2) is 8.42 Å². The minimum Gasteiger partial charge on any atom is -0.497 e. The number of rotatable bonds is 6. The summed E-state index contributed by atoms with van der Waals surface area (Å²) in [5.74, 6) is 2.75. The van der Waals surface area contributed by atoms with Crippen molar-refractivity contribution in [2.24, 2.45) is 0 Å². The molecule has 27 heavy (non-hydrogen) atoms. The second-order valence-electron chi connectivity index (χ2n) is 6.14. The van der Waals surface area contributed by atoms with Gasteiger partial charge in [-0.15, -0.1) is 6.42 Å². The first-order chi connectivity index (χ1) is 13.0. The first-order valence-corrected chi connectivity index (χ1v) is 9.85. The predicted octanol–water partition coefficient (Wildman–Crippen LogP) is 2.08. The zero-order valence-corrected chi connectivity index (χ0v) is 15.7. The summed E-state index contributed by atoms with van der Waals surface area (Å²) >= 11 is 0. The zero-order valence-electron chi connectivity index (χ0n) is 14.9. The number of hydrogen-bond acceptors (Lipinski definition) is 4. The Kier molecular flexibility index (Phi) is 5.49. The van der Waals surface area contributed by atoms with E-state index >= 15 is 0 Å². The summed E-state index contributed by atoms with van der Waals surface area (Å²) < 4.78 is 32.6. The van der Waals surface area contributed by atoms with Gasteiger partial charge in [-0.1, -0.05) is 36.3 Å². The monoisotopic (exact) mass is 384 g/mol. The van der Waals surface area contributed by atoms with Crippen molar-refractivity contribution in [3.8, 4) is 18.1 Å². The fourth-order valence-corrected chi connectivity index (χ4v) is 5.00. The molecule has 1 atom stereocenters. The average molecular weight is 384 g/mol. The van der Waals surface area contributed by atoms with Crippen LogP contribution in [0.4, 0.5) is 0 Å². The van der Waals surface area contributed by atoms with E-state index < -0.39 is 16.1 Å². The Balaban J connectivity index is 1.93. The van der Waals surface area contributed by atoms with Gasteiger partial charge >= 0.3 is 0 Å². The molecule has 0 saturated carbocycles. The van der Waals surface area contributed by atoms with Gasteiger partial charge in [0.2, 0.25) is 15.9 Å². The summed E-state index contributed by atoms with van der Waals surface area (Å²) in [5, 5.41) is 2.60. The molecule has 1 aliphatic rings. The van der Waals surface area contributed by atoms with Crippen molar-refractivity contribution in [3.05, 3.63) is 59.7 Å². The number of carbonyl (C=O) groups is 1. The minimum absolute atomic E-state index is 0.00801. The first kappa shape index (κ1) is 19.0. The molecule has 1 N–H and O–H groups in total. The van der Waals surface area contributed by atoms with Gasteiger partial charge in [0.15, 0.2) is 0 Å². The molecular formula is C20H20N2O4S. The quantitative estimate of drug-likeness (QED) is 0.774. The number of ether oxygens (including phenoxy) is 1. The van der Waals surface area contributed by atoms with E-state index in [1.807, 2.05) is 12.1 Å². The Morgan fingerprint density at radius 3 is 2.59 bits per heavy atom. The fraction of sp³-hybridized carbons (Fsp3) is 0.250. The van der Waals surface area contributed by atoms with Crippen molar-refractivity contribution in [2.75, 3.05) is 13.7 Å². The summed E-state index contributed by atoms with van der Waals surface area (Å²) in [6.07, 6.45) is 5.18. The van der Waals surface area contributed by atoms with Crippen LogP contribution in [-0.4, -0.2) is 32.3 Å². The van der Waals surface area contributed by atoms with E-state index in [-0.39, 0.29) is 30.3 Å². The molecule has 7 heteroatoms. The Morgan fingerprint density at radius 2 is 1.93 bits per heavy atom. The van der Waals surface area contributed by atoms with E-state index in [1.54, 1.807) is 43.5 Å². The number of carbonyl (C=O) groups excluding carboxylic acids is 1. The molecule has 0 saturated heterocycles. The second-order valence-corrected chi connectivity index (χ2v) is 8.00. The lowest BCUT2D eigenvalue weighted by Crippen LogP contribution is -2.32. The molecule has 0 unspecified atom stereocenters. The topological polar surface area (TPSA) is 75.7 Å². The predicted molar refractivity (Wildman–Crippen MR) is 101 cm³/mol. The third-order valence-electron chi connectivity index (χ3n) is 4.48. The maximum atomic E-state index is 13.1. The Morgan fingerprint density at radius 1 is 1.22 bits per heavy atom. The summed E-state index contributed by atoms with van der Waals surface area (Å²) in [6.45, 7) is 0.270. The van der Waals surface area contributed by atoms with Crippen molar-refractivity contribution in [3.63, 3.8) is 0 Å². The van der Waals surface area contributed by atoms with Crippen molar-refractivity contribution in [2.45, 2.75) is 23.9 Å². The highest BCUT2D eigenvalue weighted by atomic mass is 32.2. The van der Waals surface area contributed by atoms with Crippen LogP contribution >= 0.6 is 0 Å². The molecule has 140 valence electrons. The van der Waals surface area contributed by atoms with Gasteiger partial charge in [-0.2, -0.15) is 4.31 Å². The van der Waals surface area contributed by atoms with Gasteiger partial charge in [0.25, 0.3) is 0 Å². The first-order valence-electron chi connectivity index (χ1n) is 8.41. The molecule has 2 aromatic carbocycles. The summed E-state index contributed by atoms with van der Waals surface area (Å²) in [7, 11) is -2.12. The highest BCUT2D eigenvalue weighted by molar-refractivity contribution is 7.89. The van der Waals surface area contributed by atoms with E-state index in [2.05, 4.69) is 11.2 Å². The van der Waals surface area contributed by atoms with Crippen LogP contribution in [0.2, 0.25) is 0 Å². The maximum Gasteiger partial charge on any atom is 0.244 e. The van der Waals surface area contributed by atoms with Crippen molar-refractivity contribution >= 4 is 15.9 Å². The normalized spacial score (nSPS) is 17.7. The van der Waals surface area contributed by atoms with Crippen LogP contribution in [0.15, 0.2) is 53.4 Å². The van der Waals surface area contributed by atoms with E-state index in [0.29, 0.717) is 11.3 Å². The molecule has 0 aromatic heterocycles. The van der Waals surface area contributed by atoms with Crippen LogP contribution in [0.1, 0.15) is 23.6 Å². The number of methoxy groups -OCH3 is 1. The number of terminal acetylenes is 1. The Labute approximate surface area is 159 Å². The van der Waals surface area contributed by atoms with Gasteiger partial charge in [-0.05, 0) is 29.3 Å². The third kappa shape index (κ3) is 3.82. The van der Waals surface area contributed by atoms with Gasteiger partial charge in [-0.3, -0.25) is 4.79 Å². The van der Waals surface area contributed by atoms with E-state index in [9.17, 15) is 13.2 Å². The molecule has 1 amide bonds. The maximum absolute atomic E-state index is 13.1. The molecule has 6 nitrogen and oxygen atoms in total. The van der Waals surface area contributed by atoms with Gasteiger partial charge in [0.1, 0.15) is 5.75 Å². The van der Waals surface area contributed by atoms with Gasteiger partial charge in [0, 0.05) is 13.0 Å². The van der Waals surface area contributed by atoms with Crippen LogP contribution in [0.3, 0.4) is 0 Å². The molecule has 0 bridgehead atoms. The Bertz CT molecular complexity index is 978. The van der Waals surface area contributed by atoms with Gasteiger partial charge in [0.05, 0.1) is 24.6 Å². The van der Waals surface area contributed by atoms with Crippen molar-refractivity contribution in [1.82, 2.24) is 9.62 Å². The molecule has 0 fully saturated rings. The van der Waals surface area contributed by atoms with Crippen molar-refractivity contribution < 1.29 is 17.9 Å². The number of nitrogens with one attached hydrogen (secondary N) is 1. The average Bonchev–Trinajstić information content (AvgIpc) is 2.88. The van der Waals surface area contributed by atoms with Crippen LogP contribution in [0.25, 0.3) is 0 Å². The molecule has 0 aliphatic carbocycles. The highest BCUT2D eigenvalue weighted by Gasteiger charge is 2.43. The summed E-state index contributed by atoms with van der Waals surface area (Å²) in [6, 6.07) is 13.4. The molecule has 1 aliphatic heterocycles. The lowest BCUT2D eigenvalue weighted by Gasteiger charge is -2.23. The third-order valence-corrected chi connectivity index (χ3v) is 6.40. The van der Waals surface area contributed by atoms with Crippen LogP contribution < -0.4 is 10.1 Å². The number of fused-ring (bicyclic) bond motifs is 1. The SMILES string of the molecule is C#CCNC(=O)C[C@H]1c2ccccc2S(=O)(=O)N1Cc1ccc(OC)cc1. The standard InChI is InChI=1S/C20H20N2O4S/c1-3-12-21-20(23)13-18-17-6-4-5-7-19(17)27(24,25)22(18)14-15-8-10-16(26-2)11-9-15/h1,4-11,18H,12-14H2,2H3,(H,21,23)/t18-/m0/s1. The fourth-order valence-electron chi connectivity index (χ4n) is 3.15. The molecule has 3 rings (SSSR count). The zero-order chi connectivity index (χ0) is 19.4. The lowest BCUT2D eigenvalue weighted by molar-refractivity contribution is -0.121. The summed E-state index contributed by atoms with van der Waals surface area (Å²) in [4.78, 5) is 12.5. The van der Waals surface area contributed by atoms with Gasteiger partial charge < -0.3 is 10.1 Å². The minimum atomic E-state index is -3.69.